The maximum atomic E-state index is 12.8. The first kappa shape index (κ1) is 21.6. The lowest BCUT2D eigenvalue weighted by Crippen LogP contribution is -2.30. The molecule has 0 unspecified atom stereocenters. The van der Waals surface area contributed by atoms with Gasteiger partial charge in [0.1, 0.15) is 0 Å². The van der Waals surface area contributed by atoms with Crippen LogP contribution in [0.4, 0.5) is 16.2 Å². The Balaban J connectivity index is 1.44. The quantitative estimate of drug-likeness (QED) is 0.608. The van der Waals surface area contributed by atoms with Gasteiger partial charge in [0.25, 0.3) is 5.91 Å². The van der Waals surface area contributed by atoms with Crippen molar-refractivity contribution in [1.29, 1.82) is 0 Å². The molecule has 0 aromatic heterocycles. The van der Waals surface area contributed by atoms with E-state index in [9.17, 15) is 18.0 Å². The van der Waals surface area contributed by atoms with E-state index < -0.39 is 15.9 Å². The molecule has 0 bridgehead atoms. The number of anilines is 2. The molecule has 10 heteroatoms. The third-order valence-electron chi connectivity index (χ3n) is 5.20. The molecule has 1 heterocycles. The number of rotatable bonds is 6. The Labute approximate surface area is 186 Å². The molecule has 0 atom stereocenters. The summed E-state index contributed by atoms with van der Waals surface area (Å²) < 4.78 is 27.0. The number of carbonyl (C=O) groups is 2. The van der Waals surface area contributed by atoms with E-state index in [4.69, 9.17) is 11.6 Å². The molecule has 2 fully saturated rings. The minimum absolute atomic E-state index is 0.0465. The number of nitrogens with zero attached hydrogens (tertiary/aromatic N) is 1. The number of benzene rings is 2. The molecule has 0 radical (unpaired) electrons. The van der Waals surface area contributed by atoms with Crippen molar-refractivity contribution < 1.29 is 18.0 Å². The minimum atomic E-state index is -3.66. The van der Waals surface area contributed by atoms with Crippen molar-refractivity contribution in [3.05, 3.63) is 53.1 Å². The van der Waals surface area contributed by atoms with E-state index in [2.05, 4.69) is 16.0 Å². The topological polar surface area (TPSA) is 108 Å². The van der Waals surface area contributed by atoms with Crippen LogP contribution in [-0.2, 0) is 10.0 Å². The van der Waals surface area contributed by atoms with E-state index in [1.54, 1.807) is 24.3 Å². The average molecular weight is 463 g/mol. The summed E-state index contributed by atoms with van der Waals surface area (Å²) in [4.78, 5) is 24.6. The van der Waals surface area contributed by atoms with Crippen molar-refractivity contribution in [3.63, 3.8) is 0 Å². The monoisotopic (exact) mass is 462 g/mol. The molecule has 2 aromatic carbocycles. The Bertz CT molecular complexity index is 1090. The zero-order chi connectivity index (χ0) is 22.0. The third-order valence-corrected chi connectivity index (χ3v) is 7.42. The number of hydrogen-bond acceptors (Lipinski definition) is 4. The van der Waals surface area contributed by atoms with Crippen LogP contribution in [0.1, 0.15) is 36.0 Å². The van der Waals surface area contributed by atoms with Crippen molar-refractivity contribution in [2.45, 2.75) is 36.6 Å². The fourth-order valence-electron chi connectivity index (χ4n) is 3.33. The summed E-state index contributed by atoms with van der Waals surface area (Å²) in [5.41, 5.74) is 1.16. The lowest BCUT2D eigenvalue weighted by Gasteiger charge is -2.16. The van der Waals surface area contributed by atoms with E-state index in [1.807, 2.05) is 0 Å². The smallest absolute Gasteiger partial charge is 0.319 e. The summed E-state index contributed by atoms with van der Waals surface area (Å²) in [6, 6.07) is 10.8. The van der Waals surface area contributed by atoms with Crippen LogP contribution in [-0.4, -0.2) is 43.8 Å². The lowest BCUT2D eigenvalue weighted by atomic mass is 10.2. The molecule has 0 spiro atoms. The Morgan fingerprint density at radius 3 is 2.16 bits per heavy atom. The molecule has 3 amide bonds. The van der Waals surface area contributed by atoms with E-state index in [0.29, 0.717) is 24.5 Å². The zero-order valence-corrected chi connectivity index (χ0v) is 18.3. The highest BCUT2D eigenvalue weighted by Crippen LogP contribution is 2.26. The van der Waals surface area contributed by atoms with Gasteiger partial charge in [-0.25, -0.2) is 13.2 Å². The van der Waals surface area contributed by atoms with Gasteiger partial charge in [-0.05, 0) is 68.1 Å². The Kier molecular flexibility index (Phi) is 6.17. The molecular weight excluding hydrogens is 440 g/mol. The van der Waals surface area contributed by atoms with Crippen molar-refractivity contribution in [2.75, 3.05) is 23.7 Å². The number of amides is 3. The van der Waals surface area contributed by atoms with Crippen LogP contribution in [0, 0.1) is 0 Å². The number of nitrogens with one attached hydrogen (secondary N) is 3. The van der Waals surface area contributed by atoms with Gasteiger partial charge in [0.2, 0.25) is 10.0 Å². The fourth-order valence-corrected chi connectivity index (χ4v) is 5.08. The largest absolute Gasteiger partial charge is 0.335 e. The minimum Gasteiger partial charge on any atom is -0.335 e. The molecule has 2 aliphatic rings. The normalized spacial score (nSPS) is 16.7. The van der Waals surface area contributed by atoms with Gasteiger partial charge >= 0.3 is 6.03 Å². The zero-order valence-electron chi connectivity index (χ0n) is 16.7. The maximum absolute atomic E-state index is 12.8. The van der Waals surface area contributed by atoms with Gasteiger partial charge in [0.15, 0.2) is 0 Å². The molecule has 3 N–H and O–H groups in total. The van der Waals surface area contributed by atoms with Crippen LogP contribution < -0.4 is 16.0 Å². The number of halogens is 1. The third kappa shape index (κ3) is 5.17. The van der Waals surface area contributed by atoms with Gasteiger partial charge in [-0.1, -0.05) is 11.6 Å². The van der Waals surface area contributed by atoms with Gasteiger partial charge in [-0.15, -0.1) is 0 Å². The van der Waals surface area contributed by atoms with E-state index in [-0.39, 0.29) is 27.6 Å². The molecule has 1 aliphatic carbocycles. The fraction of sp³-hybridized carbons (Fsp3) is 0.333. The lowest BCUT2D eigenvalue weighted by molar-refractivity contribution is 0.102. The van der Waals surface area contributed by atoms with Gasteiger partial charge in [-0.3, -0.25) is 4.79 Å². The molecule has 8 nitrogen and oxygen atoms in total. The summed E-state index contributed by atoms with van der Waals surface area (Å²) in [7, 11) is -3.66. The highest BCUT2D eigenvalue weighted by atomic mass is 35.5. The van der Waals surface area contributed by atoms with Crippen LogP contribution in [0.15, 0.2) is 47.4 Å². The van der Waals surface area contributed by atoms with Crippen LogP contribution >= 0.6 is 11.6 Å². The maximum Gasteiger partial charge on any atom is 0.319 e. The van der Waals surface area contributed by atoms with Crippen LogP contribution in [0.2, 0.25) is 5.02 Å². The van der Waals surface area contributed by atoms with Gasteiger partial charge in [0.05, 0.1) is 15.5 Å². The van der Waals surface area contributed by atoms with Crippen molar-refractivity contribution in [1.82, 2.24) is 9.62 Å². The predicted octanol–water partition coefficient (Wildman–Crippen LogP) is 3.66. The number of sulfonamides is 1. The number of hydrogen-bond donors (Lipinski definition) is 3. The highest BCUT2D eigenvalue weighted by molar-refractivity contribution is 7.89. The molecular formula is C21H23ClN4O4S. The van der Waals surface area contributed by atoms with Crippen LogP contribution in [0.25, 0.3) is 0 Å². The summed E-state index contributed by atoms with van der Waals surface area (Å²) in [5, 5.41) is 8.43. The predicted molar refractivity (Wildman–Crippen MR) is 119 cm³/mol. The van der Waals surface area contributed by atoms with Gasteiger partial charge in [0, 0.05) is 30.5 Å². The van der Waals surface area contributed by atoms with E-state index in [0.717, 1.165) is 25.7 Å². The first-order valence-corrected chi connectivity index (χ1v) is 11.9. The van der Waals surface area contributed by atoms with Crippen molar-refractivity contribution in [2.24, 2.45) is 0 Å². The standard InChI is InChI=1S/C21H23ClN4O4S/c22-19-10-9-17(31(29,30)26-11-1-2-12-26)13-18(19)20(27)23-14-3-5-15(6-4-14)24-21(28)25-16-7-8-16/h3-6,9-10,13,16H,1-2,7-8,11-12H2,(H,23,27)(H2,24,25,28). The average Bonchev–Trinajstić information content (AvgIpc) is 3.36. The Morgan fingerprint density at radius 2 is 1.55 bits per heavy atom. The first-order valence-electron chi connectivity index (χ1n) is 10.1. The second-order valence-corrected chi connectivity index (χ2v) is 10.0. The summed E-state index contributed by atoms with van der Waals surface area (Å²) in [5.74, 6) is -0.518. The van der Waals surface area contributed by atoms with Crippen molar-refractivity contribution in [3.8, 4) is 0 Å². The summed E-state index contributed by atoms with van der Waals surface area (Å²) in [6.45, 7) is 0.955. The van der Waals surface area contributed by atoms with Gasteiger partial charge < -0.3 is 16.0 Å². The second-order valence-electron chi connectivity index (χ2n) is 7.66. The number of urea groups is 1. The van der Waals surface area contributed by atoms with E-state index >= 15 is 0 Å². The first-order chi connectivity index (χ1) is 14.8. The molecule has 1 aliphatic heterocycles. The highest BCUT2D eigenvalue weighted by Gasteiger charge is 2.28. The molecule has 2 aromatic rings. The Morgan fingerprint density at radius 1 is 0.935 bits per heavy atom. The van der Waals surface area contributed by atoms with E-state index in [1.165, 1.54) is 22.5 Å². The molecule has 164 valence electrons. The van der Waals surface area contributed by atoms with Crippen LogP contribution in [0.3, 0.4) is 0 Å². The molecule has 31 heavy (non-hydrogen) atoms. The molecule has 1 saturated heterocycles. The molecule has 1 saturated carbocycles. The SMILES string of the molecule is O=C(Nc1ccc(NC(=O)c2cc(S(=O)(=O)N3CCCC3)ccc2Cl)cc1)NC1CC1. The Hall–Kier alpha value is -2.62. The van der Waals surface area contributed by atoms with Crippen molar-refractivity contribution >= 4 is 44.9 Å². The summed E-state index contributed by atoms with van der Waals surface area (Å²) >= 11 is 6.17. The molecule has 4 rings (SSSR count). The van der Waals surface area contributed by atoms with Crippen LogP contribution in [0.5, 0.6) is 0 Å². The van der Waals surface area contributed by atoms with Gasteiger partial charge in [-0.2, -0.15) is 4.31 Å². The number of carbonyl (C=O) groups excluding carboxylic acids is 2. The second kappa shape index (κ2) is 8.86. The summed E-state index contributed by atoms with van der Waals surface area (Å²) in [6.07, 6.45) is 3.66.